The lowest BCUT2D eigenvalue weighted by Crippen LogP contribution is -2.54. The monoisotopic (exact) mass is 852 g/mol. The number of nitrogens with zero attached hydrogens (tertiary/aromatic N) is 7. The Bertz CT molecular complexity index is 2240. The second kappa shape index (κ2) is 18.6. The van der Waals surface area contributed by atoms with E-state index in [4.69, 9.17) is 16.3 Å². The Hall–Kier alpha value is -4.61. The minimum Gasteiger partial charge on any atom is -0.494 e. The third-order valence-electron chi connectivity index (χ3n) is 12.7. The van der Waals surface area contributed by atoms with E-state index in [2.05, 4.69) is 93.7 Å². The number of para-hydroxylation sites is 1. The fourth-order valence-electron chi connectivity index (χ4n) is 9.29. The molecule has 0 saturated carbocycles. The number of anilines is 6. The van der Waals surface area contributed by atoms with Gasteiger partial charge in [0, 0.05) is 118 Å². The van der Waals surface area contributed by atoms with E-state index in [0.29, 0.717) is 40.3 Å². The number of carbonyl (C=O) groups excluding carboxylic acids is 1. The van der Waals surface area contributed by atoms with Crippen molar-refractivity contribution < 1.29 is 14.1 Å². The molecule has 0 aliphatic carbocycles. The molecule has 13 nitrogen and oxygen atoms in total. The van der Waals surface area contributed by atoms with Gasteiger partial charge < -0.3 is 40.0 Å². The topological polar surface area (TPSA) is 121 Å². The zero-order valence-corrected chi connectivity index (χ0v) is 36.9. The molecular weight excluding hydrogens is 795 g/mol. The lowest BCUT2D eigenvalue weighted by Gasteiger charge is -2.43. The first-order chi connectivity index (χ1) is 29.1. The molecular formula is C45H58ClN10O3P. The SMILES string of the molecule is COc1cc(N2CCC(N3CCN(CCN(C)c4cccc5c4CN(C4CCCNC4)C5=C=O)CC3)CC2)ccc1Nc1ncc(Cl)c(Nc2ccccc2P(C)(C)=O)n1. The van der Waals surface area contributed by atoms with Gasteiger partial charge in [-0.3, -0.25) is 9.80 Å². The first kappa shape index (κ1) is 42.1. The molecule has 3 aromatic carbocycles. The average molecular weight is 853 g/mol. The molecule has 4 aliphatic rings. The number of hydrogen-bond donors (Lipinski definition) is 3. The molecule has 3 saturated heterocycles. The number of rotatable bonds is 13. The van der Waals surface area contributed by atoms with Gasteiger partial charge in [0.25, 0.3) is 0 Å². The Morgan fingerprint density at radius 3 is 2.50 bits per heavy atom. The molecule has 3 fully saturated rings. The van der Waals surface area contributed by atoms with E-state index in [1.54, 1.807) is 26.6 Å². The highest BCUT2D eigenvalue weighted by atomic mass is 35.5. The molecule has 5 heterocycles. The van der Waals surface area contributed by atoms with Crippen molar-refractivity contribution in [1.29, 1.82) is 0 Å². The van der Waals surface area contributed by atoms with Gasteiger partial charge in [0.05, 0.1) is 24.7 Å². The molecule has 1 aromatic heterocycles. The molecule has 1 atom stereocenters. The third kappa shape index (κ3) is 9.32. The maximum absolute atomic E-state index is 12.9. The number of hydrogen-bond acceptors (Lipinski definition) is 13. The highest BCUT2D eigenvalue weighted by molar-refractivity contribution is 7.70. The lowest BCUT2D eigenvalue weighted by atomic mass is 10.0. The van der Waals surface area contributed by atoms with E-state index < -0.39 is 7.14 Å². The van der Waals surface area contributed by atoms with Gasteiger partial charge in [-0.1, -0.05) is 35.9 Å². The number of halogens is 1. The van der Waals surface area contributed by atoms with Gasteiger partial charge >= 0.3 is 0 Å². The molecule has 0 bridgehead atoms. The van der Waals surface area contributed by atoms with Crippen LogP contribution in [0.4, 0.5) is 34.5 Å². The Morgan fingerprint density at radius 2 is 1.77 bits per heavy atom. The summed E-state index contributed by atoms with van der Waals surface area (Å²) < 4.78 is 18.8. The maximum Gasteiger partial charge on any atom is 0.229 e. The van der Waals surface area contributed by atoms with Crippen LogP contribution in [0.1, 0.15) is 36.8 Å². The number of aromatic nitrogens is 2. The van der Waals surface area contributed by atoms with Gasteiger partial charge in [-0.2, -0.15) is 4.98 Å². The first-order valence-electron chi connectivity index (χ1n) is 21.3. The van der Waals surface area contributed by atoms with Crippen molar-refractivity contribution in [3.8, 4) is 5.75 Å². The predicted molar refractivity (Wildman–Crippen MR) is 246 cm³/mol. The Balaban J connectivity index is 0.814. The summed E-state index contributed by atoms with van der Waals surface area (Å²) in [7, 11) is 1.33. The van der Waals surface area contributed by atoms with Crippen molar-refractivity contribution in [2.75, 3.05) is 113 Å². The van der Waals surface area contributed by atoms with Crippen molar-refractivity contribution in [3.05, 3.63) is 83.0 Å². The fraction of sp³-hybridized carbons (Fsp3) is 0.467. The largest absolute Gasteiger partial charge is 0.494 e. The summed E-state index contributed by atoms with van der Waals surface area (Å²) >= 11 is 6.50. The van der Waals surface area contributed by atoms with Crippen LogP contribution in [-0.4, -0.2) is 136 Å². The van der Waals surface area contributed by atoms with Crippen molar-refractivity contribution in [1.82, 2.24) is 30.0 Å². The van der Waals surface area contributed by atoms with Gasteiger partial charge in [0.15, 0.2) is 11.8 Å². The van der Waals surface area contributed by atoms with Gasteiger partial charge in [-0.15, -0.1) is 0 Å². The van der Waals surface area contributed by atoms with Crippen LogP contribution in [0.15, 0.2) is 66.9 Å². The summed E-state index contributed by atoms with van der Waals surface area (Å²) in [6.07, 6.45) is 6.04. The van der Waals surface area contributed by atoms with Crippen molar-refractivity contribution in [2.24, 2.45) is 0 Å². The minimum absolute atomic E-state index is 0.342. The molecule has 0 amide bonds. The summed E-state index contributed by atoms with van der Waals surface area (Å²) in [5.74, 6) is 3.77. The molecule has 0 spiro atoms. The zero-order valence-electron chi connectivity index (χ0n) is 35.3. The number of likely N-dealkylation sites (N-methyl/N-ethyl adjacent to an activating group) is 1. The van der Waals surface area contributed by atoms with Crippen LogP contribution in [0.25, 0.3) is 5.70 Å². The summed E-state index contributed by atoms with van der Waals surface area (Å²) in [5, 5.41) is 11.2. The highest BCUT2D eigenvalue weighted by Gasteiger charge is 2.34. The standard InChI is InChI=1S/C45H58ClN10O3P/c1-52(40-12-7-10-35-36(40)30-56(41(35)31-57)34-9-8-18-47-28-34)21-22-53-23-25-55(26-24-53)32-16-19-54(20-17-32)33-14-15-38(42(27-33)59-2)50-45-48-29-37(46)44(51-45)49-39-11-5-6-13-43(39)60(3,4)58/h5-7,10-15,27,29,32,34,47H,8-9,16-26,28,30H2,1-4H3,(H2,48,49,50,51). The molecule has 1 unspecified atom stereocenters. The predicted octanol–water partition coefficient (Wildman–Crippen LogP) is 6.34. The fourth-order valence-corrected chi connectivity index (χ4v) is 10.6. The lowest BCUT2D eigenvalue weighted by molar-refractivity contribution is 0.0864. The van der Waals surface area contributed by atoms with E-state index >= 15 is 0 Å². The molecule has 60 heavy (non-hydrogen) atoms. The van der Waals surface area contributed by atoms with E-state index in [1.807, 2.05) is 30.3 Å². The molecule has 15 heteroatoms. The second-order valence-corrected chi connectivity index (χ2v) is 20.4. The molecule has 4 aromatic rings. The van der Waals surface area contributed by atoms with Crippen molar-refractivity contribution in [2.45, 2.75) is 44.3 Å². The van der Waals surface area contributed by atoms with Crippen LogP contribution in [0, 0.1) is 0 Å². The van der Waals surface area contributed by atoms with Crippen LogP contribution in [0.2, 0.25) is 5.02 Å². The van der Waals surface area contributed by atoms with E-state index in [1.165, 1.54) is 11.3 Å². The van der Waals surface area contributed by atoms with Crippen LogP contribution < -0.4 is 35.8 Å². The normalized spacial score (nSPS) is 19.2. The molecule has 318 valence electrons. The van der Waals surface area contributed by atoms with Crippen LogP contribution >= 0.6 is 18.7 Å². The number of benzene rings is 3. The van der Waals surface area contributed by atoms with Crippen molar-refractivity contribution in [3.63, 3.8) is 0 Å². The second-order valence-electron chi connectivity index (χ2n) is 16.8. The third-order valence-corrected chi connectivity index (χ3v) is 14.5. The summed E-state index contributed by atoms with van der Waals surface area (Å²) in [5.41, 5.74) is 6.83. The van der Waals surface area contributed by atoms with Crippen LogP contribution in [0.3, 0.4) is 0 Å². The van der Waals surface area contributed by atoms with E-state index in [-0.39, 0.29) is 0 Å². The summed E-state index contributed by atoms with van der Waals surface area (Å²) in [6, 6.07) is 21.0. The molecule has 4 aliphatic heterocycles. The number of piperazine rings is 1. The van der Waals surface area contributed by atoms with Gasteiger partial charge in [-0.25, -0.2) is 9.78 Å². The van der Waals surface area contributed by atoms with Gasteiger partial charge in [-0.05, 0) is 75.9 Å². The van der Waals surface area contributed by atoms with Crippen LogP contribution in [0.5, 0.6) is 5.75 Å². The minimum atomic E-state index is -2.54. The number of fused-ring (bicyclic) bond motifs is 1. The Kier molecular flexibility index (Phi) is 13.0. The van der Waals surface area contributed by atoms with Gasteiger partial charge in [0.1, 0.15) is 23.6 Å². The summed E-state index contributed by atoms with van der Waals surface area (Å²) in [6.45, 7) is 14.5. The Morgan fingerprint density at radius 1 is 0.967 bits per heavy atom. The number of nitrogens with one attached hydrogen (secondary N) is 3. The number of ether oxygens (including phenoxy) is 1. The Labute approximate surface area is 359 Å². The zero-order chi connectivity index (χ0) is 41.8. The van der Waals surface area contributed by atoms with E-state index in [9.17, 15) is 9.36 Å². The average Bonchev–Trinajstić information content (AvgIpc) is 3.66. The van der Waals surface area contributed by atoms with E-state index in [0.717, 1.165) is 126 Å². The highest BCUT2D eigenvalue weighted by Crippen LogP contribution is 2.41. The van der Waals surface area contributed by atoms with Crippen LogP contribution in [-0.2, 0) is 15.9 Å². The number of methoxy groups -OCH3 is 1. The molecule has 3 N–H and O–H groups in total. The first-order valence-corrected chi connectivity index (χ1v) is 24.2. The van der Waals surface area contributed by atoms with Gasteiger partial charge in [0.2, 0.25) is 5.95 Å². The summed E-state index contributed by atoms with van der Waals surface area (Å²) in [4.78, 5) is 33.6. The smallest absolute Gasteiger partial charge is 0.229 e. The number of piperidine rings is 2. The molecule has 8 rings (SSSR count). The molecule has 0 radical (unpaired) electrons. The maximum atomic E-state index is 12.9. The quantitative estimate of drug-likeness (QED) is 0.103. The van der Waals surface area contributed by atoms with Crippen molar-refractivity contribution >= 4 is 70.2 Å².